The maximum Gasteiger partial charge on any atom is 0.303 e. The lowest BCUT2D eigenvalue weighted by Gasteiger charge is -2.23. The van der Waals surface area contributed by atoms with Gasteiger partial charge in [0.2, 0.25) is 0 Å². The Kier molecular flexibility index (Phi) is 51.0. The summed E-state index contributed by atoms with van der Waals surface area (Å²) in [7, 11) is -4.02. The number of carbonyl (C=O) groups is 2. The standard InChI is InChI=1S/C22H29ClO6.C19H25ClO6.C17H21ClO5.C11H18O4.C10H11ClO2.C7H8O3S.C6H12O2.CH4/c23-15-6-5-7-17(12-15)29-14-16(24)10-11-19-18(20(25)13-21(19)26)8-3-1-2-4-9-22(27)28;20-12-2-1-3-14(8-12)26-11-13(21)4-5-15-16(18(23)10-17(15)22)9-19-24-6-7-25-19;18-10-2-1-3-12(6-10)22-9-11(19)4-5-13-14-7-17(21)23-16(14)8-15(13)20;1-2-7-8(10(13)6-9(7)12)5-11-14-3-4-15-11;1-2-9(12)7-13-10-5-3-4-8(11)6-10;1-6-2-4-7(5-3-6)11(8,9)10;1-2-3-4-5-6(7)8;/h1,3,5-7,10-12,16,18-21,24-26H,2,4,8-9,13-14H2,(H,27,28);1-5,8,13,15-19,21-23H,6-7,9-11H2;1-6,11,13-17,19-21H,7-9H2;2,7-13H,1,3-6H2;2-6,9,12H,1,7H2;2-5H,1H3,(H,8,9,10);2-5H2,1H3,(H,7,8);1H4/b3-1-,11-10+;2*5-4+;;;;;/t16-,18-,19-,20+,21-;13-,15-,16-,17-,18+;11-,13-,14-,15-,16+,17?;7-,8-,9-,10+;9-;;;/m11111.../s1. The van der Waals surface area contributed by atoms with Crippen molar-refractivity contribution in [3.8, 4) is 23.0 Å². The monoisotopic (exact) mass is 1860 g/mol. The van der Waals surface area contributed by atoms with E-state index in [1.165, 1.54) is 18.2 Å². The van der Waals surface area contributed by atoms with E-state index in [1.807, 2.05) is 25.2 Å². The predicted octanol–water partition coefficient (Wildman–Crippen LogP) is 12.8. The number of hydrogen-bond acceptors (Lipinski definition) is 25. The summed E-state index contributed by atoms with van der Waals surface area (Å²) in [5, 5.41) is 139. The van der Waals surface area contributed by atoms with Gasteiger partial charge in [0.1, 0.15) is 73.8 Å². The molecule has 28 nitrogen and oxygen atoms in total. The van der Waals surface area contributed by atoms with Crippen LogP contribution < -0.4 is 18.9 Å². The Bertz CT molecular complexity index is 4190. The normalized spacial score (nSPS) is 26.5. The van der Waals surface area contributed by atoms with E-state index < -0.39 is 95.5 Å². The third kappa shape index (κ3) is 41.0. The van der Waals surface area contributed by atoms with E-state index in [1.54, 1.807) is 146 Å². The Morgan fingerprint density at radius 2 is 0.857 bits per heavy atom. The van der Waals surface area contributed by atoms with Crippen LogP contribution in [0, 0.1) is 54.3 Å². The number of aliphatic hydroxyl groups excluding tert-OH is 12. The van der Waals surface area contributed by atoms with E-state index in [0.717, 1.165) is 24.8 Å². The molecule has 0 aromatic heterocycles. The molecule has 126 heavy (non-hydrogen) atoms. The summed E-state index contributed by atoms with van der Waals surface area (Å²) in [6.45, 7) is 13.8. The van der Waals surface area contributed by atoms with Crippen molar-refractivity contribution in [2.75, 3.05) is 52.9 Å². The molecule has 12 rings (SSSR count). The number of aryl methyl sites for hydroxylation is 1. The molecule has 5 aromatic rings. The van der Waals surface area contributed by atoms with Crippen LogP contribution in [0.25, 0.3) is 0 Å². The van der Waals surface area contributed by atoms with Crippen LogP contribution in [0.15, 0.2) is 200 Å². The van der Waals surface area contributed by atoms with Gasteiger partial charge in [-0.25, -0.2) is 0 Å². The highest BCUT2D eigenvalue weighted by atomic mass is 35.5. The molecule has 7 fully saturated rings. The van der Waals surface area contributed by atoms with E-state index in [2.05, 4.69) is 20.1 Å². The molecular weight excluding hydrogens is 1740 g/mol. The van der Waals surface area contributed by atoms with Crippen molar-refractivity contribution in [2.45, 2.75) is 215 Å². The van der Waals surface area contributed by atoms with Crippen LogP contribution in [0.1, 0.15) is 116 Å². The zero-order chi connectivity index (χ0) is 91.5. The first kappa shape index (κ1) is 110. The number of rotatable bonds is 35. The average molecular weight is 1870 g/mol. The van der Waals surface area contributed by atoms with Crippen LogP contribution in [0.3, 0.4) is 0 Å². The summed E-state index contributed by atoms with van der Waals surface area (Å²) in [6, 6.07) is 33.8. The second-order valence-corrected chi connectivity index (χ2v) is 34.3. The maximum atomic E-state index is 10.5. The van der Waals surface area contributed by atoms with Gasteiger partial charge in [0, 0.05) is 102 Å². The van der Waals surface area contributed by atoms with Crippen LogP contribution >= 0.6 is 46.4 Å². The number of carboxylic acid groups (broad SMARTS) is 2. The molecule has 15 N–H and O–H groups in total. The van der Waals surface area contributed by atoms with E-state index in [0.29, 0.717) is 140 Å². The first-order valence-electron chi connectivity index (χ1n) is 41.9. The Morgan fingerprint density at radius 3 is 1.25 bits per heavy atom. The molecular formula is C93H128Cl4O28S. The van der Waals surface area contributed by atoms with Gasteiger partial charge in [-0.1, -0.05) is 176 Å². The van der Waals surface area contributed by atoms with Gasteiger partial charge >= 0.3 is 11.9 Å². The highest BCUT2D eigenvalue weighted by molar-refractivity contribution is 7.85. The molecule has 0 amide bonds. The van der Waals surface area contributed by atoms with Crippen LogP contribution in [-0.4, -0.2) is 241 Å². The Morgan fingerprint density at radius 1 is 0.484 bits per heavy atom. The van der Waals surface area contributed by atoms with Crippen molar-refractivity contribution in [2.24, 2.45) is 47.3 Å². The molecule has 5 aromatic carbocycles. The maximum absolute atomic E-state index is 10.5. The van der Waals surface area contributed by atoms with Gasteiger partial charge in [-0.3, -0.25) is 14.1 Å². The quantitative estimate of drug-likeness (QED) is 0.0102. The number of ether oxygens (including phenoxy) is 9. The SMILES string of the molecule is C.C=C[C@@H](O)COc1cccc(Cl)c1.C=C[C@@H]1[C@@H](CC2OCCO2)[C@@H](O)C[C@H]1O.CCCCCC(=O)O.Cc1ccc(S(=O)(=O)O)cc1.O=C(O)CCC/C=C\C[C@@H]1[C@@H](/C=C/[C@@H](O)COc2cccc(Cl)c2)[C@H](O)C[C@@H]1O.OC1C[C@@H]2[C@@H](/C=C/[C@@H](O)COc3cccc(Cl)c3)[C@H](O)C[C@@H]2O1.O[C@H](/C=C/[C@@H]1[C@@H](CC2OCCO2)[C@@H](O)C[C@H]1O)COc1cccc(Cl)c1. The van der Waals surface area contributed by atoms with Gasteiger partial charge in [-0.15, -0.1) is 13.2 Å². The highest BCUT2D eigenvalue weighted by Gasteiger charge is 2.48. The van der Waals surface area contributed by atoms with Crippen molar-refractivity contribution < 1.29 is 137 Å². The number of allylic oxidation sites excluding steroid dienone is 2. The number of aliphatic hydroxyl groups is 12. The van der Waals surface area contributed by atoms with Gasteiger partial charge in [0.25, 0.3) is 10.1 Å². The third-order valence-electron chi connectivity index (χ3n) is 21.5. The Balaban J connectivity index is 0.000000270. The fraction of sp³-hybridized carbons (Fsp3) is 0.527. The van der Waals surface area contributed by atoms with Crippen molar-refractivity contribution in [1.82, 2.24) is 0 Å². The summed E-state index contributed by atoms with van der Waals surface area (Å²) < 4.78 is 78.2. The van der Waals surface area contributed by atoms with Gasteiger partial charge in [-0.2, -0.15) is 8.42 Å². The Labute approximate surface area is 759 Å². The zero-order valence-corrected chi connectivity index (χ0v) is 74.1. The Hall–Kier alpha value is -6.93. The van der Waals surface area contributed by atoms with Gasteiger partial charge in [0.05, 0.1) is 80.2 Å². The van der Waals surface area contributed by atoms with E-state index in [9.17, 15) is 74.2 Å². The number of halogens is 4. The molecule has 4 saturated carbocycles. The minimum atomic E-state index is -4.02. The van der Waals surface area contributed by atoms with E-state index >= 15 is 0 Å². The lowest BCUT2D eigenvalue weighted by molar-refractivity contribution is -0.138. The number of hydrogen-bond donors (Lipinski definition) is 15. The van der Waals surface area contributed by atoms with Crippen molar-refractivity contribution in [3.63, 3.8) is 0 Å². The number of fused-ring (bicyclic) bond motifs is 1. The number of benzene rings is 5. The number of carboxylic acids is 2. The topological polar surface area (TPSA) is 455 Å². The lowest BCUT2D eigenvalue weighted by atomic mass is 9.89. The van der Waals surface area contributed by atoms with Gasteiger partial charge in [-0.05, 0) is 141 Å². The van der Waals surface area contributed by atoms with Crippen molar-refractivity contribution >= 4 is 68.5 Å². The minimum absolute atomic E-state index is 0. The predicted molar refractivity (Wildman–Crippen MR) is 479 cm³/mol. The van der Waals surface area contributed by atoms with Gasteiger partial charge in [0.15, 0.2) is 18.9 Å². The molecule has 21 atom stereocenters. The second kappa shape index (κ2) is 58.7. The van der Waals surface area contributed by atoms with E-state index in [4.69, 9.17) is 109 Å². The summed E-state index contributed by atoms with van der Waals surface area (Å²) >= 11 is 23.4. The summed E-state index contributed by atoms with van der Waals surface area (Å²) in [5.74, 6) is -0.0389. The van der Waals surface area contributed by atoms with Crippen molar-refractivity contribution in [1.29, 1.82) is 0 Å². The molecule has 3 aliphatic heterocycles. The summed E-state index contributed by atoms with van der Waals surface area (Å²) in [5.41, 5.74) is 0.956. The molecule has 3 heterocycles. The van der Waals surface area contributed by atoms with Crippen LogP contribution in [-0.2, 0) is 43.4 Å². The molecule has 33 heteroatoms. The third-order valence-corrected chi connectivity index (χ3v) is 23.3. The number of aliphatic carboxylic acids is 2. The van der Waals surface area contributed by atoms with Crippen LogP contribution in [0.4, 0.5) is 0 Å². The molecule has 0 radical (unpaired) electrons. The van der Waals surface area contributed by atoms with Gasteiger partial charge < -0.3 is 114 Å². The molecule has 1 unspecified atom stereocenters. The summed E-state index contributed by atoms with van der Waals surface area (Å²) in [4.78, 5) is 20.3. The lowest BCUT2D eigenvalue weighted by Crippen LogP contribution is -2.26. The first-order valence-corrected chi connectivity index (χ1v) is 44.8. The zero-order valence-electron chi connectivity index (χ0n) is 70.2. The smallest absolute Gasteiger partial charge is 0.303 e. The molecule has 3 saturated heterocycles. The molecule has 702 valence electrons. The number of unbranched alkanes of at least 4 members (excludes halogenated alkanes) is 3. The first-order chi connectivity index (χ1) is 59.6. The van der Waals surface area contributed by atoms with Crippen LogP contribution in [0.2, 0.25) is 20.1 Å². The fourth-order valence-electron chi connectivity index (χ4n) is 15.0. The summed E-state index contributed by atoms with van der Waals surface area (Å²) in [6.07, 6.45) is 17.0. The highest BCUT2D eigenvalue weighted by Crippen LogP contribution is 2.44. The molecule has 0 bridgehead atoms. The molecule has 0 spiro atoms. The average Bonchev–Trinajstić information content (AvgIpc) is 1.64. The second-order valence-electron chi connectivity index (χ2n) is 31.2. The largest absolute Gasteiger partial charge is 0.491 e. The fourth-order valence-corrected chi connectivity index (χ4v) is 16.2. The minimum Gasteiger partial charge on any atom is -0.491 e. The van der Waals surface area contributed by atoms with Crippen LogP contribution in [0.5, 0.6) is 23.0 Å². The molecule has 4 aliphatic carbocycles. The van der Waals surface area contributed by atoms with E-state index in [-0.39, 0.29) is 111 Å². The van der Waals surface area contributed by atoms with Crippen molar-refractivity contribution in [3.05, 3.63) is 221 Å². The molecule has 7 aliphatic rings.